The molecule has 0 spiro atoms. The van der Waals surface area contributed by atoms with Crippen molar-refractivity contribution in [2.24, 2.45) is 11.7 Å². The topological polar surface area (TPSA) is 96.7 Å². The van der Waals surface area contributed by atoms with E-state index in [1.807, 2.05) is 18.2 Å². The smallest absolute Gasteiger partial charge is 0.239 e. The van der Waals surface area contributed by atoms with E-state index < -0.39 is 0 Å². The van der Waals surface area contributed by atoms with Gasteiger partial charge >= 0.3 is 0 Å². The Morgan fingerprint density at radius 3 is 2.72 bits per heavy atom. The number of nitrogens with one attached hydrogen (secondary N) is 2. The molecule has 4 N–H and O–H groups in total. The summed E-state index contributed by atoms with van der Waals surface area (Å²) in [6.07, 6.45) is 1.02. The third kappa shape index (κ3) is 7.37. The van der Waals surface area contributed by atoms with Gasteiger partial charge in [0.25, 0.3) is 0 Å². The summed E-state index contributed by atoms with van der Waals surface area (Å²) >= 11 is 0. The fourth-order valence-electron chi connectivity index (χ4n) is 2.61. The molecule has 0 aliphatic carbocycles. The van der Waals surface area contributed by atoms with E-state index >= 15 is 0 Å². The molecule has 142 valence electrons. The van der Waals surface area contributed by atoms with Crippen LogP contribution in [0.25, 0.3) is 0 Å². The van der Waals surface area contributed by atoms with Crippen LogP contribution in [0.1, 0.15) is 6.42 Å². The van der Waals surface area contributed by atoms with Gasteiger partial charge in [0.15, 0.2) is 0 Å². The SMILES string of the molecule is COc1cccc(N2CCC(CNC(=O)CNC(=O)CN)C2)c1.Cl.Cl. The highest BCUT2D eigenvalue weighted by atomic mass is 35.5. The van der Waals surface area contributed by atoms with Crippen LogP contribution in [0, 0.1) is 5.92 Å². The van der Waals surface area contributed by atoms with Gasteiger partial charge in [0.2, 0.25) is 11.8 Å². The summed E-state index contributed by atoms with van der Waals surface area (Å²) in [5, 5.41) is 5.31. The Kier molecular flexibility index (Phi) is 11.0. The summed E-state index contributed by atoms with van der Waals surface area (Å²) in [7, 11) is 1.66. The second-order valence-corrected chi connectivity index (χ2v) is 5.59. The fraction of sp³-hybridized carbons (Fsp3) is 0.500. The predicted molar refractivity (Wildman–Crippen MR) is 103 cm³/mol. The van der Waals surface area contributed by atoms with Gasteiger partial charge in [0.05, 0.1) is 20.2 Å². The van der Waals surface area contributed by atoms with Crippen molar-refractivity contribution < 1.29 is 14.3 Å². The molecule has 7 nitrogen and oxygen atoms in total. The molecule has 0 aromatic heterocycles. The van der Waals surface area contributed by atoms with Crippen LogP contribution < -0.4 is 26.0 Å². The molecule has 9 heteroatoms. The first-order valence-corrected chi connectivity index (χ1v) is 7.75. The van der Waals surface area contributed by atoms with Crippen LogP contribution in [-0.4, -0.2) is 51.6 Å². The Morgan fingerprint density at radius 1 is 1.28 bits per heavy atom. The third-order valence-electron chi connectivity index (χ3n) is 3.92. The van der Waals surface area contributed by atoms with Gasteiger partial charge in [-0.3, -0.25) is 9.59 Å². The minimum atomic E-state index is -0.329. The summed E-state index contributed by atoms with van der Waals surface area (Å²) in [4.78, 5) is 24.9. The molecule has 25 heavy (non-hydrogen) atoms. The first-order chi connectivity index (χ1) is 11.1. The maximum Gasteiger partial charge on any atom is 0.239 e. The highest BCUT2D eigenvalue weighted by molar-refractivity contribution is 5.86. The second kappa shape index (κ2) is 11.8. The van der Waals surface area contributed by atoms with Crippen LogP contribution in [-0.2, 0) is 9.59 Å². The number of carbonyl (C=O) groups excluding carboxylic acids is 2. The Morgan fingerprint density at radius 2 is 2.04 bits per heavy atom. The molecular formula is C16H26Cl2N4O3. The Hall–Kier alpha value is -1.70. The monoisotopic (exact) mass is 392 g/mol. The van der Waals surface area contributed by atoms with Crippen molar-refractivity contribution in [2.45, 2.75) is 6.42 Å². The normalized spacial score (nSPS) is 15.6. The summed E-state index contributed by atoms with van der Waals surface area (Å²) in [5.41, 5.74) is 6.30. The number of nitrogens with zero attached hydrogens (tertiary/aromatic N) is 1. The molecule has 1 unspecified atom stereocenters. The number of carbonyl (C=O) groups is 2. The number of hydrogen-bond acceptors (Lipinski definition) is 5. The summed E-state index contributed by atoms with van der Waals surface area (Å²) < 4.78 is 5.25. The van der Waals surface area contributed by atoms with Gasteiger partial charge in [-0.05, 0) is 24.5 Å². The predicted octanol–water partition coefficient (Wildman–Crippen LogP) is 0.556. The minimum absolute atomic E-state index is 0. The van der Waals surface area contributed by atoms with Gasteiger partial charge in [0.1, 0.15) is 5.75 Å². The number of nitrogens with two attached hydrogens (primary N) is 1. The molecule has 0 bridgehead atoms. The molecule has 1 aromatic carbocycles. The maximum absolute atomic E-state index is 11.7. The van der Waals surface area contributed by atoms with Crippen molar-refractivity contribution in [3.8, 4) is 5.75 Å². The zero-order valence-electron chi connectivity index (χ0n) is 14.2. The van der Waals surface area contributed by atoms with Crippen LogP contribution in [0.2, 0.25) is 0 Å². The number of methoxy groups -OCH3 is 1. The molecule has 1 fully saturated rings. The van der Waals surface area contributed by atoms with Crippen molar-refractivity contribution in [2.75, 3.05) is 44.7 Å². The number of rotatable bonds is 7. The van der Waals surface area contributed by atoms with Gasteiger partial charge in [-0.15, -0.1) is 24.8 Å². The van der Waals surface area contributed by atoms with E-state index in [0.717, 1.165) is 30.9 Å². The van der Waals surface area contributed by atoms with E-state index in [1.165, 1.54) is 0 Å². The van der Waals surface area contributed by atoms with Crippen molar-refractivity contribution in [1.82, 2.24) is 10.6 Å². The molecule has 2 amide bonds. The maximum atomic E-state index is 11.7. The van der Waals surface area contributed by atoms with Gasteiger partial charge in [-0.2, -0.15) is 0 Å². The summed E-state index contributed by atoms with van der Waals surface area (Å²) in [6, 6.07) is 7.98. The lowest BCUT2D eigenvalue weighted by Crippen LogP contribution is -2.41. The number of hydrogen-bond donors (Lipinski definition) is 3. The average Bonchev–Trinajstić information content (AvgIpc) is 3.06. The van der Waals surface area contributed by atoms with E-state index in [-0.39, 0.29) is 49.7 Å². The van der Waals surface area contributed by atoms with Gasteiger partial charge < -0.3 is 26.0 Å². The van der Waals surface area contributed by atoms with Crippen LogP contribution in [0.5, 0.6) is 5.75 Å². The van der Waals surface area contributed by atoms with Gasteiger partial charge in [-0.1, -0.05) is 6.07 Å². The lowest BCUT2D eigenvalue weighted by atomic mass is 10.1. The van der Waals surface area contributed by atoms with Crippen LogP contribution in [0.15, 0.2) is 24.3 Å². The molecule has 1 saturated heterocycles. The van der Waals surface area contributed by atoms with Crippen LogP contribution in [0.3, 0.4) is 0 Å². The fourth-order valence-corrected chi connectivity index (χ4v) is 2.61. The van der Waals surface area contributed by atoms with Crippen LogP contribution in [0.4, 0.5) is 5.69 Å². The zero-order chi connectivity index (χ0) is 16.7. The van der Waals surface area contributed by atoms with Crippen molar-refractivity contribution in [1.29, 1.82) is 0 Å². The molecule has 0 radical (unpaired) electrons. The Bertz CT molecular complexity index is 560. The highest BCUT2D eigenvalue weighted by Gasteiger charge is 2.23. The molecule has 1 aromatic rings. The largest absolute Gasteiger partial charge is 0.497 e. The number of ether oxygens (including phenoxy) is 1. The summed E-state index contributed by atoms with van der Waals surface area (Å²) in [6.45, 7) is 2.33. The van der Waals surface area contributed by atoms with Crippen molar-refractivity contribution in [3.63, 3.8) is 0 Å². The Balaban J connectivity index is 0.00000288. The average molecular weight is 393 g/mol. The van der Waals surface area contributed by atoms with Gasteiger partial charge in [0, 0.05) is 31.4 Å². The first kappa shape index (κ1) is 23.3. The van der Waals surface area contributed by atoms with Crippen molar-refractivity contribution in [3.05, 3.63) is 24.3 Å². The van der Waals surface area contributed by atoms with E-state index in [0.29, 0.717) is 12.5 Å². The van der Waals surface area contributed by atoms with E-state index in [1.54, 1.807) is 7.11 Å². The highest BCUT2D eigenvalue weighted by Crippen LogP contribution is 2.26. The second-order valence-electron chi connectivity index (χ2n) is 5.59. The molecule has 1 heterocycles. The van der Waals surface area contributed by atoms with E-state index in [9.17, 15) is 9.59 Å². The molecular weight excluding hydrogens is 367 g/mol. The van der Waals surface area contributed by atoms with Crippen LogP contribution >= 0.6 is 24.8 Å². The van der Waals surface area contributed by atoms with Gasteiger partial charge in [-0.25, -0.2) is 0 Å². The zero-order valence-corrected chi connectivity index (χ0v) is 15.8. The molecule has 1 aliphatic rings. The third-order valence-corrected chi connectivity index (χ3v) is 3.92. The Labute approximate surface area is 160 Å². The van der Waals surface area contributed by atoms with Crippen molar-refractivity contribution >= 4 is 42.3 Å². The first-order valence-electron chi connectivity index (χ1n) is 7.75. The van der Waals surface area contributed by atoms with E-state index in [4.69, 9.17) is 10.5 Å². The van der Waals surface area contributed by atoms with E-state index in [2.05, 4.69) is 21.6 Å². The lowest BCUT2D eigenvalue weighted by molar-refractivity contribution is -0.125. The summed E-state index contributed by atoms with van der Waals surface area (Å²) in [5.74, 6) is 0.724. The number of anilines is 1. The molecule has 2 rings (SSSR count). The number of benzene rings is 1. The lowest BCUT2D eigenvalue weighted by Gasteiger charge is -2.19. The minimum Gasteiger partial charge on any atom is -0.497 e. The molecule has 1 atom stereocenters. The molecule has 1 aliphatic heterocycles. The molecule has 0 saturated carbocycles. The standard InChI is InChI=1S/C16H24N4O3.2ClH/c1-23-14-4-2-3-13(7-14)20-6-5-12(11-20)9-18-16(22)10-19-15(21)8-17;;/h2-4,7,12H,5-6,8-11,17H2,1H3,(H,18,22)(H,19,21);2*1H. The number of amides is 2. The quantitative estimate of drug-likeness (QED) is 0.629. The number of halogens is 2.